The maximum atomic E-state index is 5.63. The molecule has 0 amide bonds. The third kappa shape index (κ3) is 3.59. The molecule has 1 aromatic carbocycles. The van der Waals surface area contributed by atoms with Gasteiger partial charge in [-0.15, -0.1) is 10.2 Å². The SMILES string of the molecule is Nc1nnc(CCNc2nc(-c3ccccc3)nc3c2CCNC3)s1. The maximum Gasteiger partial charge on any atom is 0.203 e. The number of hydrogen-bond donors (Lipinski definition) is 3. The van der Waals surface area contributed by atoms with E-state index in [2.05, 4.69) is 20.8 Å². The molecule has 0 unspecified atom stereocenters. The molecule has 8 heteroatoms. The lowest BCUT2D eigenvalue weighted by Crippen LogP contribution is -2.27. The molecule has 0 spiro atoms. The summed E-state index contributed by atoms with van der Waals surface area (Å²) in [5.74, 6) is 1.67. The molecule has 7 nitrogen and oxygen atoms in total. The Morgan fingerprint density at radius 3 is 2.84 bits per heavy atom. The van der Waals surface area contributed by atoms with Gasteiger partial charge in [0.25, 0.3) is 0 Å². The molecule has 0 aliphatic carbocycles. The molecule has 0 atom stereocenters. The summed E-state index contributed by atoms with van der Waals surface area (Å²) in [5, 5.41) is 16.2. The van der Waals surface area contributed by atoms with Crippen LogP contribution < -0.4 is 16.4 Å². The summed E-state index contributed by atoms with van der Waals surface area (Å²) in [5.41, 5.74) is 8.93. The van der Waals surface area contributed by atoms with Crippen LogP contribution in [0.15, 0.2) is 30.3 Å². The highest BCUT2D eigenvalue weighted by Crippen LogP contribution is 2.25. The number of fused-ring (bicyclic) bond motifs is 1. The molecular weight excluding hydrogens is 334 g/mol. The van der Waals surface area contributed by atoms with Crippen LogP contribution in [0.1, 0.15) is 16.3 Å². The molecule has 3 aromatic rings. The monoisotopic (exact) mass is 353 g/mol. The highest BCUT2D eigenvalue weighted by atomic mass is 32.1. The van der Waals surface area contributed by atoms with Gasteiger partial charge in [0.15, 0.2) is 5.82 Å². The number of nitrogen functional groups attached to an aromatic ring is 1. The van der Waals surface area contributed by atoms with E-state index in [1.165, 1.54) is 16.9 Å². The number of nitrogens with two attached hydrogens (primary N) is 1. The molecule has 25 heavy (non-hydrogen) atoms. The molecular formula is C17H19N7S. The molecule has 0 saturated heterocycles. The van der Waals surface area contributed by atoms with Crippen molar-refractivity contribution in [2.24, 2.45) is 0 Å². The second-order valence-electron chi connectivity index (χ2n) is 5.82. The molecule has 4 rings (SSSR count). The van der Waals surface area contributed by atoms with E-state index in [4.69, 9.17) is 15.7 Å². The normalized spacial score (nSPS) is 13.4. The van der Waals surface area contributed by atoms with Gasteiger partial charge in [-0.25, -0.2) is 9.97 Å². The summed E-state index contributed by atoms with van der Waals surface area (Å²) in [7, 11) is 0. The molecule has 1 aliphatic heterocycles. The van der Waals surface area contributed by atoms with Crippen molar-refractivity contribution in [3.63, 3.8) is 0 Å². The third-order valence-electron chi connectivity index (χ3n) is 4.08. The van der Waals surface area contributed by atoms with E-state index in [1.807, 2.05) is 30.3 Å². The van der Waals surface area contributed by atoms with Crippen molar-refractivity contribution in [1.82, 2.24) is 25.5 Å². The fourth-order valence-corrected chi connectivity index (χ4v) is 3.49. The van der Waals surface area contributed by atoms with E-state index in [0.717, 1.165) is 60.4 Å². The molecule has 1 aliphatic rings. The van der Waals surface area contributed by atoms with Gasteiger partial charge in [0, 0.05) is 30.6 Å². The molecule has 0 saturated carbocycles. The lowest BCUT2D eigenvalue weighted by atomic mass is 10.1. The van der Waals surface area contributed by atoms with Gasteiger partial charge >= 0.3 is 0 Å². The molecule has 3 heterocycles. The summed E-state index contributed by atoms with van der Waals surface area (Å²) in [6.45, 7) is 2.46. The second-order valence-corrected chi connectivity index (χ2v) is 6.92. The summed E-state index contributed by atoms with van der Waals surface area (Å²) in [4.78, 5) is 9.55. The number of anilines is 2. The van der Waals surface area contributed by atoms with Gasteiger partial charge < -0.3 is 16.4 Å². The van der Waals surface area contributed by atoms with Crippen LogP contribution in [0.4, 0.5) is 10.9 Å². The Balaban J connectivity index is 1.58. The first kappa shape index (κ1) is 15.9. The van der Waals surface area contributed by atoms with Gasteiger partial charge in [0.1, 0.15) is 10.8 Å². The third-order valence-corrected chi connectivity index (χ3v) is 4.89. The Morgan fingerprint density at radius 2 is 2.04 bits per heavy atom. The van der Waals surface area contributed by atoms with Crippen LogP contribution in [0.25, 0.3) is 11.4 Å². The highest BCUT2D eigenvalue weighted by molar-refractivity contribution is 7.15. The smallest absolute Gasteiger partial charge is 0.203 e. The van der Waals surface area contributed by atoms with Crippen molar-refractivity contribution < 1.29 is 0 Å². The summed E-state index contributed by atoms with van der Waals surface area (Å²) >= 11 is 1.42. The quantitative estimate of drug-likeness (QED) is 0.643. The van der Waals surface area contributed by atoms with Crippen molar-refractivity contribution in [3.8, 4) is 11.4 Å². The topological polar surface area (TPSA) is 102 Å². The predicted molar refractivity (Wildman–Crippen MR) is 99.4 cm³/mol. The Hall–Kier alpha value is -2.58. The Bertz CT molecular complexity index is 863. The minimum Gasteiger partial charge on any atom is -0.374 e. The molecule has 0 radical (unpaired) electrons. The van der Waals surface area contributed by atoms with Gasteiger partial charge in [-0.2, -0.15) is 0 Å². The zero-order valence-electron chi connectivity index (χ0n) is 13.7. The van der Waals surface area contributed by atoms with Gasteiger partial charge in [-0.05, 0) is 13.0 Å². The first-order valence-corrected chi connectivity index (χ1v) is 9.09. The van der Waals surface area contributed by atoms with Crippen LogP contribution in [0, 0.1) is 0 Å². The van der Waals surface area contributed by atoms with Crippen LogP contribution in [0.5, 0.6) is 0 Å². The number of aromatic nitrogens is 4. The number of rotatable bonds is 5. The van der Waals surface area contributed by atoms with Gasteiger partial charge in [-0.3, -0.25) is 0 Å². The van der Waals surface area contributed by atoms with E-state index < -0.39 is 0 Å². The summed E-state index contributed by atoms with van der Waals surface area (Å²) in [6.07, 6.45) is 1.70. The van der Waals surface area contributed by atoms with Crippen molar-refractivity contribution >= 4 is 22.3 Å². The van der Waals surface area contributed by atoms with Crippen molar-refractivity contribution in [3.05, 3.63) is 46.6 Å². The lowest BCUT2D eigenvalue weighted by molar-refractivity contribution is 0.625. The first-order chi connectivity index (χ1) is 12.3. The number of nitrogens with one attached hydrogen (secondary N) is 2. The van der Waals surface area contributed by atoms with Crippen LogP contribution in [-0.4, -0.2) is 33.3 Å². The second kappa shape index (κ2) is 7.12. The van der Waals surface area contributed by atoms with Crippen molar-refractivity contribution in [2.75, 3.05) is 24.1 Å². The lowest BCUT2D eigenvalue weighted by Gasteiger charge is -2.20. The van der Waals surface area contributed by atoms with E-state index in [9.17, 15) is 0 Å². The zero-order valence-corrected chi connectivity index (χ0v) is 14.5. The Labute approximate surface area is 149 Å². The highest BCUT2D eigenvalue weighted by Gasteiger charge is 2.18. The van der Waals surface area contributed by atoms with E-state index in [-0.39, 0.29) is 0 Å². The zero-order chi connectivity index (χ0) is 17.1. The molecule has 0 fully saturated rings. The van der Waals surface area contributed by atoms with Crippen LogP contribution >= 0.6 is 11.3 Å². The van der Waals surface area contributed by atoms with Gasteiger partial charge in [-0.1, -0.05) is 41.7 Å². The number of nitrogens with zero attached hydrogens (tertiary/aromatic N) is 4. The molecule has 2 aromatic heterocycles. The predicted octanol–water partition coefficient (Wildman–Crippen LogP) is 1.88. The fraction of sp³-hybridized carbons (Fsp3) is 0.294. The number of hydrogen-bond acceptors (Lipinski definition) is 8. The van der Waals surface area contributed by atoms with Gasteiger partial charge in [0.2, 0.25) is 5.13 Å². The van der Waals surface area contributed by atoms with Crippen LogP contribution in [0.3, 0.4) is 0 Å². The molecule has 128 valence electrons. The minimum absolute atomic E-state index is 0.506. The minimum atomic E-state index is 0.506. The van der Waals surface area contributed by atoms with Crippen LogP contribution in [-0.2, 0) is 19.4 Å². The Kier molecular flexibility index (Phi) is 4.53. The van der Waals surface area contributed by atoms with Crippen LogP contribution in [0.2, 0.25) is 0 Å². The number of benzene rings is 1. The van der Waals surface area contributed by atoms with Crippen molar-refractivity contribution in [1.29, 1.82) is 0 Å². The van der Waals surface area contributed by atoms with E-state index >= 15 is 0 Å². The summed E-state index contributed by atoms with van der Waals surface area (Å²) < 4.78 is 0. The maximum absolute atomic E-state index is 5.63. The average molecular weight is 353 g/mol. The Morgan fingerprint density at radius 1 is 1.16 bits per heavy atom. The first-order valence-electron chi connectivity index (χ1n) is 8.27. The largest absolute Gasteiger partial charge is 0.374 e. The van der Waals surface area contributed by atoms with Gasteiger partial charge in [0.05, 0.1) is 5.69 Å². The summed E-state index contributed by atoms with van der Waals surface area (Å²) in [6, 6.07) is 10.1. The van der Waals surface area contributed by atoms with E-state index in [0.29, 0.717) is 5.13 Å². The fourth-order valence-electron chi connectivity index (χ4n) is 2.88. The molecule has 4 N–H and O–H groups in total. The average Bonchev–Trinajstić information content (AvgIpc) is 3.07. The van der Waals surface area contributed by atoms with Crippen molar-refractivity contribution in [2.45, 2.75) is 19.4 Å². The standard InChI is InChI=1S/C17H19N7S/c18-17-24-23-14(25-17)7-9-20-16-12-6-8-19-10-13(12)21-15(22-16)11-4-2-1-3-5-11/h1-5,19H,6-10H2,(H2,18,24)(H,20,21,22). The van der Waals surface area contributed by atoms with E-state index in [1.54, 1.807) is 0 Å². The molecule has 0 bridgehead atoms.